The van der Waals surface area contributed by atoms with Gasteiger partial charge < -0.3 is 5.32 Å². The Morgan fingerprint density at radius 1 is 1.10 bits per heavy atom. The predicted molar refractivity (Wildman–Crippen MR) is 75.5 cm³/mol. The zero-order valence-corrected chi connectivity index (χ0v) is 11.6. The molecule has 0 spiro atoms. The fraction of sp³-hybridized carbons (Fsp3) is 0.333. The third kappa shape index (κ3) is 2.76. The molecular weight excluding hydrogens is 260 g/mol. The van der Waals surface area contributed by atoms with Gasteiger partial charge >= 0.3 is 0 Å². The monoisotopic (exact) mass is 277 g/mol. The fourth-order valence-corrected chi connectivity index (χ4v) is 2.08. The van der Waals surface area contributed by atoms with Crippen LogP contribution in [0.15, 0.2) is 24.5 Å². The number of aromatic nitrogens is 2. The normalized spacial score (nSPS) is 10.6. The largest absolute Gasteiger partial charge is 0.370 e. The van der Waals surface area contributed by atoms with E-state index in [0.29, 0.717) is 17.9 Å². The molecule has 0 aliphatic carbocycles. The zero-order valence-electron chi connectivity index (χ0n) is 11.6. The zero-order chi connectivity index (χ0) is 14.5. The topological polar surface area (TPSA) is 37.8 Å². The molecule has 106 valence electrons. The first-order chi connectivity index (χ1) is 9.69. The first-order valence-corrected chi connectivity index (χ1v) is 6.71. The van der Waals surface area contributed by atoms with Crippen LogP contribution in [-0.2, 0) is 6.42 Å². The van der Waals surface area contributed by atoms with Gasteiger partial charge in [0.2, 0.25) is 0 Å². The Hall–Kier alpha value is -2.04. The Morgan fingerprint density at radius 3 is 2.40 bits per heavy atom. The van der Waals surface area contributed by atoms with Gasteiger partial charge in [0.25, 0.3) is 0 Å². The predicted octanol–water partition coefficient (Wildman–Crippen LogP) is 3.81. The summed E-state index contributed by atoms with van der Waals surface area (Å²) >= 11 is 0. The number of benzene rings is 1. The first-order valence-electron chi connectivity index (χ1n) is 6.71. The van der Waals surface area contributed by atoms with Gasteiger partial charge in [-0.2, -0.15) is 0 Å². The molecule has 1 aromatic heterocycles. The Bertz CT molecular complexity index is 579. The third-order valence-corrected chi connectivity index (χ3v) is 3.04. The fourth-order valence-electron chi connectivity index (χ4n) is 2.08. The van der Waals surface area contributed by atoms with E-state index in [4.69, 9.17) is 0 Å². The van der Waals surface area contributed by atoms with Crippen LogP contribution >= 0.6 is 0 Å². The SMILES string of the molecule is CCCNc1ncnc(-c2c(F)cccc2F)c1CC. The van der Waals surface area contributed by atoms with Gasteiger partial charge in [-0.1, -0.05) is 19.9 Å². The lowest BCUT2D eigenvalue weighted by molar-refractivity contribution is 0.588. The lowest BCUT2D eigenvalue weighted by Crippen LogP contribution is -2.08. The molecule has 20 heavy (non-hydrogen) atoms. The highest BCUT2D eigenvalue weighted by Crippen LogP contribution is 2.30. The van der Waals surface area contributed by atoms with Crippen LogP contribution in [0.25, 0.3) is 11.3 Å². The summed E-state index contributed by atoms with van der Waals surface area (Å²) in [5.41, 5.74) is 0.952. The molecule has 0 atom stereocenters. The molecule has 5 heteroatoms. The standard InChI is InChI=1S/C15H17F2N3/c1-3-8-18-15-10(4-2)14(19-9-20-15)13-11(16)6-5-7-12(13)17/h5-7,9H,3-4,8H2,1-2H3,(H,18,19,20). The van der Waals surface area contributed by atoms with Crippen LogP contribution in [0.2, 0.25) is 0 Å². The minimum atomic E-state index is -0.611. The highest BCUT2D eigenvalue weighted by atomic mass is 19.1. The number of rotatable bonds is 5. The van der Waals surface area contributed by atoms with Crippen LogP contribution in [0.5, 0.6) is 0 Å². The molecule has 1 heterocycles. The van der Waals surface area contributed by atoms with Crippen LogP contribution in [0.1, 0.15) is 25.8 Å². The number of anilines is 1. The summed E-state index contributed by atoms with van der Waals surface area (Å²) < 4.78 is 27.8. The van der Waals surface area contributed by atoms with E-state index in [2.05, 4.69) is 15.3 Å². The van der Waals surface area contributed by atoms with Crippen molar-refractivity contribution < 1.29 is 8.78 Å². The minimum absolute atomic E-state index is 0.0914. The van der Waals surface area contributed by atoms with Crippen LogP contribution < -0.4 is 5.32 Å². The quantitative estimate of drug-likeness (QED) is 0.903. The molecule has 0 amide bonds. The molecule has 2 aromatic rings. The summed E-state index contributed by atoms with van der Waals surface area (Å²) in [4.78, 5) is 8.24. The van der Waals surface area contributed by atoms with E-state index in [1.807, 2.05) is 13.8 Å². The summed E-state index contributed by atoms with van der Waals surface area (Å²) in [6, 6.07) is 3.81. The van der Waals surface area contributed by atoms with E-state index in [-0.39, 0.29) is 5.56 Å². The molecule has 0 radical (unpaired) electrons. The van der Waals surface area contributed by atoms with Gasteiger partial charge in [-0.25, -0.2) is 18.7 Å². The number of nitrogens with zero attached hydrogens (tertiary/aromatic N) is 2. The number of nitrogens with one attached hydrogen (secondary N) is 1. The van der Waals surface area contributed by atoms with Gasteiger partial charge in [0, 0.05) is 12.1 Å². The van der Waals surface area contributed by atoms with Crippen molar-refractivity contribution >= 4 is 5.82 Å². The van der Waals surface area contributed by atoms with Crippen molar-refractivity contribution in [3.8, 4) is 11.3 Å². The second kappa shape index (κ2) is 6.41. The van der Waals surface area contributed by atoms with Crippen molar-refractivity contribution in [3.63, 3.8) is 0 Å². The number of halogens is 2. The summed E-state index contributed by atoms with van der Waals surface area (Å²) in [6.45, 7) is 4.71. The Morgan fingerprint density at radius 2 is 1.80 bits per heavy atom. The van der Waals surface area contributed by atoms with Gasteiger partial charge in [0.15, 0.2) is 0 Å². The van der Waals surface area contributed by atoms with Crippen LogP contribution in [0.4, 0.5) is 14.6 Å². The molecule has 0 saturated heterocycles. The molecule has 1 N–H and O–H groups in total. The Labute approximate surface area is 117 Å². The highest BCUT2D eigenvalue weighted by Gasteiger charge is 2.18. The van der Waals surface area contributed by atoms with E-state index >= 15 is 0 Å². The molecular formula is C15H17F2N3. The molecule has 0 fully saturated rings. The molecule has 0 unspecified atom stereocenters. The van der Waals surface area contributed by atoms with Crippen molar-refractivity contribution in [2.24, 2.45) is 0 Å². The second-order valence-corrected chi connectivity index (χ2v) is 4.43. The van der Waals surface area contributed by atoms with Crippen molar-refractivity contribution in [3.05, 3.63) is 41.7 Å². The van der Waals surface area contributed by atoms with E-state index in [1.54, 1.807) is 0 Å². The average Bonchev–Trinajstić information content (AvgIpc) is 2.45. The summed E-state index contributed by atoms with van der Waals surface area (Å²) in [5.74, 6) is -0.582. The van der Waals surface area contributed by atoms with Crippen molar-refractivity contribution in [1.29, 1.82) is 0 Å². The average molecular weight is 277 g/mol. The maximum Gasteiger partial charge on any atom is 0.135 e. The Kier molecular flexibility index (Phi) is 4.61. The van der Waals surface area contributed by atoms with Crippen LogP contribution in [-0.4, -0.2) is 16.5 Å². The summed E-state index contributed by atoms with van der Waals surface area (Å²) in [5, 5.41) is 3.17. The van der Waals surface area contributed by atoms with E-state index in [1.165, 1.54) is 24.5 Å². The maximum atomic E-state index is 13.9. The van der Waals surface area contributed by atoms with Gasteiger partial charge in [-0.05, 0) is 25.0 Å². The molecule has 1 aromatic carbocycles. The minimum Gasteiger partial charge on any atom is -0.370 e. The highest BCUT2D eigenvalue weighted by molar-refractivity contribution is 5.69. The van der Waals surface area contributed by atoms with Crippen LogP contribution in [0.3, 0.4) is 0 Å². The molecule has 0 aliphatic rings. The molecule has 0 saturated carbocycles. The lowest BCUT2D eigenvalue weighted by atomic mass is 10.0. The van der Waals surface area contributed by atoms with Gasteiger partial charge in [0.1, 0.15) is 23.8 Å². The summed E-state index contributed by atoms with van der Waals surface area (Å²) in [7, 11) is 0. The molecule has 0 aliphatic heterocycles. The van der Waals surface area contributed by atoms with Crippen molar-refractivity contribution in [1.82, 2.24) is 9.97 Å². The molecule has 3 nitrogen and oxygen atoms in total. The van der Waals surface area contributed by atoms with E-state index in [9.17, 15) is 8.78 Å². The smallest absolute Gasteiger partial charge is 0.135 e. The van der Waals surface area contributed by atoms with E-state index < -0.39 is 11.6 Å². The lowest BCUT2D eigenvalue weighted by Gasteiger charge is -2.13. The van der Waals surface area contributed by atoms with Gasteiger partial charge in [0.05, 0.1) is 11.3 Å². The number of hydrogen-bond acceptors (Lipinski definition) is 3. The number of hydrogen-bond donors (Lipinski definition) is 1. The van der Waals surface area contributed by atoms with Gasteiger partial charge in [-0.15, -0.1) is 0 Å². The van der Waals surface area contributed by atoms with Gasteiger partial charge in [-0.3, -0.25) is 0 Å². The molecule has 2 rings (SSSR count). The van der Waals surface area contributed by atoms with Crippen molar-refractivity contribution in [2.75, 3.05) is 11.9 Å². The third-order valence-electron chi connectivity index (χ3n) is 3.04. The first kappa shape index (κ1) is 14.4. The maximum absolute atomic E-state index is 13.9. The van der Waals surface area contributed by atoms with Crippen LogP contribution in [0, 0.1) is 11.6 Å². The molecule has 0 bridgehead atoms. The van der Waals surface area contributed by atoms with E-state index in [0.717, 1.165) is 18.5 Å². The summed E-state index contributed by atoms with van der Waals surface area (Å²) in [6.07, 6.45) is 2.87. The Balaban J connectivity index is 2.56. The second-order valence-electron chi connectivity index (χ2n) is 4.43. The van der Waals surface area contributed by atoms with Crippen molar-refractivity contribution in [2.45, 2.75) is 26.7 Å².